The number of nitrogens with zero attached hydrogens (tertiary/aromatic N) is 5. The topological polar surface area (TPSA) is 111 Å². The van der Waals surface area contributed by atoms with Crippen molar-refractivity contribution in [3.8, 4) is 0 Å². The molecule has 178 valence electrons. The van der Waals surface area contributed by atoms with Crippen LogP contribution in [0.4, 0.5) is 11.4 Å². The van der Waals surface area contributed by atoms with Crippen LogP contribution in [0.15, 0.2) is 70.5 Å². The summed E-state index contributed by atoms with van der Waals surface area (Å²) in [5.74, 6) is -0.0182. The lowest BCUT2D eigenvalue weighted by Gasteiger charge is -2.29. The van der Waals surface area contributed by atoms with Crippen LogP contribution < -0.4 is 10.5 Å². The van der Waals surface area contributed by atoms with Crippen LogP contribution in [0.1, 0.15) is 40.3 Å². The maximum Gasteiger partial charge on any atom is 0.273 e. The fourth-order valence-corrected chi connectivity index (χ4v) is 5.29. The number of aryl methyl sites for hydroxylation is 2. The van der Waals surface area contributed by atoms with Gasteiger partial charge in [0.05, 0.1) is 27.6 Å². The SMILES string of the molecule is Cc1cccc2c(=O)n(C3N=Cc4cc([N+](=O)[O-])cc5c4N(C3=O)C(c3ccccc3)C5)c(C)nc12. The molecule has 0 saturated carbocycles. The summed E-state index contributed by atoms with van der Waals surface area (Å²) in [5.41, 5.74) is 3.70. The monoisotopic (exact) mass is 479 g/mol. The Labute approximate surface area is 205 Å². The van der Waals surface area contributed by atoms with Crippen molar-refractivity contribution in [1.82, 2.24) is 9.55 Å². The molecular formula is C27H21N5O4. The van der Waals surface area contributed by atoms with Crippen molar-refractivity contribution in [3.05, 3.63) is 109 Å². The second kappa shape index (κ2) is 7.94. The van der Waals surface area contributed by atoms with Crippen LogP contribution in [0.2, 0.25) is 0 Å². The fraction of sp³-hybridized carbons (Fsp3) is 0.185. The summed E-state index contributed by atoms with van der Waals surface area (Å²) in [6.07, 6.45) is 0.691. The molecule has 0 N–H and O–H groups in total. The van der Waals surface area contributed by atoms with Gasteiger partial charge < -0.3 is 4.90 Å². The summed E-state index contributed by atoms with van der Waals surface area (Å²) in [7, 11) is 0. The molecule has 9 nitrogen and oxygen atoms in total. The molecule has 1 amide bonds. The van der Waals surface area contributed by atoms with E-state index < -0.39 is 11.1 Å². The Kier molecular flexibility index (Phi) is 4.82. The van der Waals surface area contributed by atoms with E-state index in [9.17, 15) is 19.7 Å². The molecule has 3 aromatic carbocycles. The minimum atomic E-state index is -1.20. The summed E-state index contributed by atoms with van der Waals surface area (Å²) in [6, 6.07) is 17.5. The molecule has 0 spiro atoms. The second-order valence-electron chi connectivity index (χ2n) is 9.10. The number of para-hydroxylation sites is 1. The Morgan fingerprint density at radius 2 is 1.81 bits per heavy atom. The van der Waals surface area contributed by atoms with Gasteiger partial charge in [0, 0.05) is 23.9 Å². The van der Waals surface area contributed by atoms with Gasteiger partial charge in [0.15, 0.2) is 0 Å². The molecule has 9 heteroatoms. The average molecular weight is 479 g/mol. The number of amides is 1. The number of nitro groups is 1. The fourth-order valence-electron chi connectivity index (χ4n) is 5.29. The van der Waals surface area contributed by atoms with E-state index in [-0.39, 0.29) is 23.2 Å². The van der Waals surface area contributed by atoms with E-state index in [2.05, 4.69) is 9.98 Å². The van der Waals surface area contributed by atoms with E-state index in [0.29, 0.717) is 40.0 Å². The highest BCUT2D eigenvalue weighted by Gasteiger charge is 2.42. The zero-order valence-electron chi connectivity index (χ0n) is 19.6. The van der Waals surface area contributed by atoms with Gasteiger partial charge in [0.25, 0.3) is 17.2 Å². The van der Waals surface area contributed by atoms with E-state index >= 15 is 0 Å². The van der Waals surface area contributed by atoms with Gasteiger partial charge in [-0.3, -0.25) is 29.3 Å². The molecule has 2 aliphatic heterocycles. The summed E-state index contributed by atoms with van der Waals surface area (Å²) < 4.78 is 1.32. The predicted molar refractivity (Wildman–Crippen MR) is 136 cm³/mol. The highest BCUT2D eigenvalue weighted by atomic mass is 16.6. The first-order valence-electron chi connectivity index (χ1n) is 11.6. The van der Waals surface area contributed by atoms with E-state index in [1.165, 1.54) is 22.9 Å². The first-order chi connectivity index (χ1) is 17.3. The van der Waals surface area contributed by atoms with Crippen molar-refractivity contribution in [3.63, 3.8) is 0 Å². The Bertz CT molecular complexity index is 1680. The third kappa shape index (κ3) is 3.16. The van der Waals surface area contributed by atoms with Crippen molar-refractivity contribution in [2.45, 2.75) is 32.5 Å². The Morgan fingerprint density at radius 1 is 1.03 bits per heavy atom. The van der Waals surface area contributed by atoms with Crippen molar-refractivity contribution in [2.24, 2.45) is 4.99 Å². The molecule has 36 heavy (non-hydrogen) atoms. The first kappa shape index (κ1) is 21.8. The molecule has 2 aliphatic rings. The van der Waals surface area contributed by atoms with Crippen molar-refractivity contribution in [2.75, 3.05) is 4.90 Å². The number of aliphatic imine (C=N–C) groups is 1. The van der Waals surface area contributed by atoms with Gasteiger partial charge in [-0.25, -0.2) is 4.98 Å². The van der Waals surface area contributed by atoms with Crippen LogP contribution in [0, 0.1) is 24.0 Å². The first-order valence-corrected chi connectivity index (χ1v) is 11.6. The lowest BCUT2D eigenvalue weighted by Crippen LogP contribution is -2.41. The number of non-ortho nitro benzene ring substituents is 1. The number of anilines is 1. The lowest BCUT2D eigenvalue weighted by atomic mass is 10.0. The van der Waals surface area contributed by atoms with Crippen LogP contribution in [-0.2, 0) is 11.2 Å². The van der Waals surface area contributed by atoms with Gasteiger partial charge in [-0.2, -0.15) is 0 Å². The molecule has 4 aromatic rings. The molecular weight excluding hydrogens is 458 g/mol. The zero-order chi connectivity index (χ0) is 25.1. The van der Waals surface area contributed by atoms with Gasteiger partial charge >= 0.3 is 0 Å². The summed E-state index contributed by atoms with van der Waals surface area (Å²) >= 11 is 0. The maximum absolute atomic E-state index is 14.2. The third-order valence-electron chi connectivity index (χ3n) is 6.93. The zero-order valence-corrected chi connectivity index (χ0v) is 19.6. The largest absolute Gasteiger partial charge is 0.300 e. The Hall–Kier alpha value is -4.66. The lowest BCUT2D eigenvalue weighted by molar-refractivity contribution is -0.384. The minimum absolute atomic E-state index is 0.0639. The van der Waals surface area contributed by atoms with Gasteiger partial charge in [-0.15, -0.1) is 0 Å². The highest BCUT2D eigenvalue weighted by molar-refractivity contribution is 6.07. The third-order valence-corrected chi connectivity index (χ3v) is 6.93. The second-order valence-corrected chi connectivity index (χ2v) is 9.10. The van der Waals surface area contributed by atoms with Gasteiger partial charge in [0.2, 0.25) is 6.17 Å². The molecule has 2 atom stereocenters. The molecule has 0 radical (unpaired) electrons. The molecule has 0 saturated heterocycles. The number of benzene rings is 3. The van der Waals surface area contributed by atoms with Crippen molar-refractivity contribution in [1.29, 1.82) is 0 Å². The average Bonchev–Trinajstić information content (AvgIpc) is 3.19. The number of hydrogen-bond donors (Lipinski definition) is 0. The molecule has 0 fully saturated rings. The smallest absolute Gasteiger partial charge is 0.273 e. The summed E-state index contributed by atoms with van der Waals surface area (Å²) in [4.78, 5) is 49.8. The molecule has 2 unspecified atom stereocenters. The molecule has 1 aromatic heterocycles. The number of rotatable bonds is 3. The predicted octanol–water partition coefficient (Wildman–Crippen LogP) is 4.18. The van der Waals surface area contributed by atoms with Gasteiger partial charge in [-0.05, 0) is 43.0 Å². The van der Waals surface area contributed by atoms with Gasteiger partial charge in [0.1, 0.15) is 5.82 Å². The molecule has 0 aliphatic carbocycles. The normalized spacial score (nSPS) is 18.4. The maximum atomic E-state index is 14.2. The number of aromatic nitrogens is 2. The molecule has 0 bridgehead atoms. The Balaban J connectivity index is 1.58. The van der Waals surface area contributed by atoms with Crippen LogP contribution in [0.25, 0.3) is 10.9 Å². The van der Waals surface area contributed by atoms with Crippen molar-refractivity contribution >= 4 is 34.4 Å². The highest BCUT2D eigenvalue weighted by Crippen LogP contribution is 2.46. The minimum Gasteiger partial charge on any atom is -0.300 e. The number of nitro benzene ring substituents is 1. The number of fused-ring (bicyclic) bond motifs is 1. The summed E-state index contributed by atoms with van der Waals surface area (Å²) in [5, 5.41) is 12.0. The van der Waals surface area contributed by atoms with Crippen LogP contribution >= 0.6 is 0 Å². The number of carbonyl (C=O) groups is 1. The van der Waals surface area contributed by atoms with E-state index in [1.807, 2.05) is 43.3 Å². The number of carbonyl (C=O) groups excluding carboxylic acids is 1. The Morgan fingerprint density at radius 3 is 2.56 bits per heavy atom. The van der Waals surface area contributed by atoms with Gasteiger partial charge in [-0.1, -0.05) is 42.5 Å². The van der Waals surface area contributed by atoms with E-state index in [0.717, 1.165) is 11.1 Å². The standard InChI is InChI=1S/C27H21N5O4/c1-15-7-6-10-21-23(15)29-16(2)30(26(21)33)25-27(34)31-22(17-8-4-3-5-9-17)13-18-11-20(32(35)36)12-19(14-28-25)24(18)31/h3-12,14,22,25H,13H2,1-2H3. The van der Waals surface area contributed by atoms with Crippen LogP contribution in [-0.4, -0.2) is 26.6 Å². The van der Waals surface area contributed by atoms with E-state index in [1.54, 1.807) is 24.0 Å². The van der Waals surface area contributed by atoms with Crippen LogP contribution in [0.5, 0.6) is 0 Å². The summed E-state index contributed by atoms with van der Waals surface area (Å²) in [6.45, 7) is 3.57. The quantitative estimate of drug-likeness (QED) is 0.323. The molecule has 3 heterocycles. The van der Waals surface area contributed by atoms with Crippen molar-refractivity contribution < 1.29 is 9.72 Å². The number of hydrogen-bond acceptors (Lipinski definition) is 6. The van der Waals surface area contributed by atoms with Crippen LogP contribution in [0.3, 0.4) is 0 Å². The molecule has 6 rings (SSSR count). The van der Waals surface area contributed by atoms with E-state index in [4.69, 9.17) is 0 Å².